The van der Waals surface area contributed by atoms with Gasteiger partial charge in [0.25, 0.3) is 0 Å². The van der Waals surface area contributed by atoms with Gasteiger partial charge in [0.15, 0.2) is 11.5 Å². The maximum Gasteiger partial charge on any atom is 0.160 e. The Hall–Kier alpha value is -2.20. The Bertz CT molecular complexity index is 787. The number of ether oxygens (including phenoxy) is 2. The van der Waals surface area contributed by atoms with Crippen LogP contribution in [0.1, 0.15) is 41.3 Å². The minimum atomic E-state index is 0.225. The van der Waals surface area contributed by atoms with Crippen molar-refractivity contribution in [3.8, 4) is 17.2 Å². The highest BCUT2D eigenvalue weighted by molar-refractivity contribution is 5.50. The van der Waals surface area contributed by atoms with Crippen molar-refractivity contribution in [2.75, 3.05) is 20.8 Å². The monoisotopic (exact) mass is 325 g/mol. The fraction of sp³-hybridized carbons (Fsp3) is 0.400. The number of hydrogen-bond acceptors (Lipinski definition) is 4. The number of fused-ring (bicyclic) bond motifs is 4. The van der Waals surface area contributed by atoms with Gasteiger partial charge in [0.05, 0.1) is 14.2 Å². The van der Waals surface area contributed by atoms with E-state index in [2.05, 4.69) is 24.0 Å². The normalized spacial score (nSPS) is 22.3. The summed E-state index contributed by atoms with van der Waals surface area (Å²) in [6, 6.07) is 11.0. The first kappa shape index (κ1) is 15.3. The summed E-state index contributed by atoms with van der Waals surface area (Å²) in [5.74, 6) is 1.71. The first-order valence-corrected chi connectivity index (χ1v) is 8.44. The molecular weight excluding hydrogens is 302 g/mol. The molecular formula is C20H23NO3. The van der Waals surface area contributed by atoms with Crippen molar-refractivity contribution in [3.05, 3.63) is 52.6 Å². The molecule has 2 aromatic rings. The van der Waals surface area contributed by atoms with Crippen LogP contribution in [0.3, 0.4) is 0 Å². The molecule has 2 unspecified atom stereocenters. The summed E-state index contributed by atoms with van der Waals surface area (Å²) in [6.07, 6.45) is 1.95. The van der Waals surface area contributed by atoms with Crippen molar-refractivity contribution in [1.29, 1.82) is 0 Å². The molecule has 0 saturated heterocycles. The van der Waals surface area contributed by atoms with E-state index in [-0.39, 0.29) is 5.75 Å². The summed E-state index contributed by atoms with van der Waals surface area (Å²) in [4.78, 5) is 2.56. The third-order valence-electron chi connectivity index (χ3n) is 5.55. The van der Waals surface area contributed by atoms with E-state index in [1.165, 1.54) is 22.3 Å². The van der Waals surface area contributed by atoms with Gasteiger partial charge in [-0.1, -0.05) is 6.07 Å². The first-order valence-electron chi connectivity index (χ1n) is 8.44. The maximum atomic E-state index is 10.2. The SMILES string of the molecule is COc1ccc2c(c1)CCN1C(C)c3cc(OC)c(O)cc3CC21. The quantitative estimate of drug-likeness (QED) is 0.915. The van der Waals surface area contributed by atoms with Gasteiger partial charge >= 0.3 is 0 Å². The zero-order valence-electron chi connectivity index (χ0n) is 14.4. The number of hydrogen-bond donors (Lipinski definition) is 1. The molecule has 2 aliphatic heterocycles. The number of rotatable bonds is 2. The number of phenolic OH excluding ortho intramolecular Hbond substituents is 1. The molecule has 0 amide bonds. The van der Waals surface area contributed by atoms with Crippen LogP contribution in [0.5, 0.6) is 17.2 Å². The molecule has 2 aromatic carbocycles. The Kier molecular flexibility index (Phi) is 3.65. The molecule has 0 aromatic heterocycles. The van der Waals surface area contributed by atoms with E-state index in [0.29, 0.717) is 17.8 Å². The lowest BCUT2D eigenvalue weighted by Crippen LogP contribution is -2.41. The second kappa shape index (κ2) is 5.71. The van der Waals surface area contributed by atoms with Crippen molar-refractivity contribution in [2.45, 2.75) is 31.8 Å². The molecule has 1 N–H and O–H groups in total. The summed E-state index contributed by atoms with van der Waals surface area (Å²) >= 11 is 0. The molecule has 4 rings (SSSR count). The first-order chi connectivity index (χ1) is 11.6. The number of aromatic hydroxyl groups is 1. The predicted octanol–water partition coefficient (Wildman–Crippen LogP) is 3.63. The molecule has 126 valence electrons. The summed E-state index contributed by atoms with van der Waals surface area (Å²) in [5.41, 5.74) is 5.24. The molecule has 0 aliphatic carbocycles. The topological polar surface area (TPSA) is 41.9 Å². The van der Waals surface area contributed by atoms with Gasteiger partial charge in [-0.15, -0.1) is 0 Å². The Morgan fingerprint density at radius 3 is 2.62 bits per heavy atom. The number of phenols is 1. The van der Waals surface area contributed by atoms with Crippen molar-refractivity contribution >= 4 is 0 Å². The molecule has 0 fully saturated rings. The van der Waals surface area contributed by atoms with E-state index in [1.807, 2.05) is 18.2 Å². The van der Waals surface area contributed by atoms with Gasteiger partial charge in [-0.05, 0) is 66.3 Å². The fourth-order valence-corrected chi connectivity index (χ4v) is 4.27. The largest absolute Gasteiger partial charge is 0.504 e. The van der Waals surface area contributed by atoms with Crippen LogP contribution in [0.25, 0.3) is 0 Å². The maximum absolute atomic E-state index is 10.2. The van der Waals surface area contributed by atoms with Crippen LogP contribution in [-0.4, -0.2) is 30.8 Å². The standard InChI is InChI=1S/C20H23NO3/c1-12-17-11-20(24-3)19(22)10-14(17)9-18-16-5-4-15(23-2)8-13(16)6-7-21(12)18/h4-5,8,10-12,18,22H,6-7,9H2,1-3H3. The van der Waals surface area contributed by atoms with Crippen LogP contribution in [-0.2, 0) is 12.8 Å². The van der Waals surface area contributed by atoms with Crippen molar-refractivity contribution in [1.82, 2.24) is 4.90 Å². The van der Waals surface area contributed by atoms with Crippen LogP contribution in [0, 0.1) is 0 Å². The van der Waals surface area contributed by atoms with Gasteiger partial charge in [0.2, 0.25) is 0 Å². The van der Waals surface area contributed by atoms with Gasteiger partial charge in [-0.2, -0.15) is 0 Å². The lowest BCUT2D eigenvalue weighted by atomic mass is 9.81. The second-order valence-electron chi connectivity index (χ2n) is 6.67. The molecule has 2 aliphatic rings. The summed E-state index contributed by atoms with van der Waals surface area (Å²) in [6.45, 7) is 3.28. The van der Waals surface area contributed by atoms with E-state index in [4.69, 9.17) is 9.47 Å². The molecule has 2 atom stereocenters. The number of nitrogens with zero attached hydrogens (tertiary/aromatic N) is 1. The van der Waals surface area contributed by atoms with Crippen LogP contribution in [0.15, 0.2) is 30.3 Å². The highest BCUT2D eigenvalue weighted by Crippen LogP contribution is 2.46. The molecule has 0 spiro atoms. The zero-order chi connectivity index (χ0) is 16.8. The molecule has 2 heterocycles. The van der Waals surface area contributed by atoms with E-state index in [1.54, 1.807) is 14.2 Å². The summed E-state index contributed by atoms with van der Waals surface area (Å²) < 4.78 is 10.7. The predicted molar refractivity (Wildman–Crippen MR) is 92.9 cm³/mol. The molecule has 0 saturated carbocycles. The van der Waals surface area contributed by atoms with Gasteiger partial charge in [0, 0.05) is 18.6 Å². The fourth-order valence-electron chi connectivity index (χ4n) is 4.27. The number of benzene rings is 2. The lowest BCUT2D eigenvalue weighted by Gasteiger charge is -2.45. The van der Waals surface area contributed by atoms with Crippen molar-refractivity contribution < 1.29 is 14.6 Å². The van der Waals surface area contributed by atoms with Crippen LogP contribution in [0.2, 0.25) is 0 Å². The number of methoxy groups -OCH3 is 2. The van der Waals surface area contributed by atoms with E-state index in [9.17, 15) is 5.11 Å². The second-order valence-corrected chi connectivity index (χ2v) is 6.67. The highest BCUT2D eigenvalue weighted by Gasteiger charge is 2.36. The van der Waals surface area contributed by atoms with Crippen LogP contribution in [0.4, 0.5) is 0 Å². The van der Waals surface area contributed by atoms with Gasteiger partial charge in [0.1, 0.15) is 5.75 Å². The molecule has 24 heavy (non-hydrogen) atoms. The van der Waals surface area contributed by atoms with Crippen LogP contribution < -0.4 is 9.47 Å². The molecule has 4 nitrogen and oxygen atoms in total. The Morgan fingerprint density at radius 1 is 1.04 bits per heavy atom. The highest BCUT2D eigenvalue weighted by atomic mass is 16.5. The van der Waals surface area contributed by atoms with Gasteiger partial charge in [-0.3, -0.25) is 4.90 Å². The van der Waals surface area contributed by atoms with E-state index in [0.717, 1.165) is 25.1 Å². The smallest absolute Gasteiger partial charge is 0.160 e. The average molecular weight is 325 g/mol. The molecule has 4 heteroatoms. The average Bonchev–Trinajstić information content (AvgIpc) is 2.60. The van der Waals surface area contributed by atoms with Gasteiger partial charge < -0.3 is 14.6 Å². The third kappa shape index (κ3) is 2.25. The van der Waals surface area contributed by atoms with E-state index >= 15 is 0 Å². The minimum absolute atomic E-state index is 0.225. The third-order valence-corrected chi connectivity index (χ3v) is 5.55. The summed E-state index contributed by atoms with van der Waals surface area (Å²) in [7, 11) is 3.31. The molecule has 0 radical (unpaired) electrons. The van der Waals surface area contributed by atoms with Crippen LogP contribution >= 0.6 is 0 Å². The Morgan fingerprint density at radius 2 is 1.88 bits per heavy atom. The van der Waals surface area contributed by atoms with Gasteiger partial charge in [-0.25, -0.2) is 0 Å². The van der Waals surface area contributed by atoms with Crippen molar-refractivity contribution in [3.63, 3.8) is 0 Å². The van der Waals surface area contributed by atoms with E-state index < -0.39 is 0 Å². The lowest BCUT2D eigenvalue weighted by molar-refractivity contribution is 0.117. The summed E-state index contributed by atoms with van der Waals surface area (Å²) in [5, 5.41) is 10.2. The Balaban J connectivity index is 1.77. The zero-order valence-corrected chi connectivity index (χ0v) is 14.4. The Labute approximate surface area is 142 Å². The minimum Gasteiger partial charge on any atom is -0.504 e. The molecule has 0 bridgehead atoms. The van der Waals surface area contributed by atoms with Crippen molar-refractivity contribution in [2.24, 2.45) is 0 Å².